The number of amides is 3. The van der Waals surface area contributed by atoms with Gasteiger partial charge in [0, 0.05) is 39.0 Å². The largest absolute Gasteiger partial charge is 0.480 e. The van der Waals surface area contributed by atoms with Gasteiger partial charge in [0.25, 0.3) is 0 Å². The van der Waals surface area contributed by atoms with Crippen LogP contribution in [0.2, 0.25) is 0 Å². The number of aliphatic carboxylic acids is 1. The Hall–Kier alpha value is -3.19. The number of ether oxygens (including phenoxy) is 1. The minimum absolute atomic E-state index is 0.0647. The molecule has 1 atom stereocenters. The summed E-state index contributed by atoms with van der Waals surface area (Å²) in [6.45, 7) is 6.25. The van der Waals surface area contributed by atoms with E-state index < -0.39 is 40.1 Å². The molecule has 1 saturated heterocycles. The van der Waals surface area contributed by atoms with Gasteiger partial charge in [-0.3, -0.25) is 14.4 Å². The van der Waals surface area contributed by atoms with Crippen molar-refractivity contribution in [2.24, 2.45) is 5.92 Å². The minimum atomic E-state index is -4.08. The molecule has 0 unspecified atom stereocenters. The number of carbonyl (C=O) groups is 4. The quantitative estimate of drug-likeness (QED) is 0.301. The molecule has 0 radical (unpaired) electrons. The van der Waals surface area contributed by atoms with Crippen LogP contribution < -0.4 is 15.4 Å². The van der Waals surface area contributed by atoms with E-state index in [-0.39, 0.29) is 29.9 Å². The van der Waals surface area contributed by atoms with Crippen molar-refractivity contribution < 1.29 is 37.4 Å². The summed E-state index contributed by atoms with van der Waals surface area (Å²) in [6, 6.07) is 5.75. The zero-order valence-electron chi connectivity index (χ0n) is 22.1. The Labute approximate surface area is 223 Å². The Morgan fingerprint density at radius 1 is 1.03 bits per heavy atom. The van der Waals surface area contributed by atoms with Gasteiger partial charge in [-0.1, -0.05) is 18.2 Å². The van der Waals surface area contributed by atoms with Crippen LogP contribution >= 0.6 is 0 Å². The maximum atomic E-state index is 12.4. The summed E-state index contributed by atoms with van der Waals surface area (Å²) < 4.78 is 32.2. The van der Waals surface area contributed by atoms with Crippen molar-refractivity contribution in [2.75, 3.05) is 26.2 Å². The molecule has 1 aliphatic rings. The summed E-state index contributed by atoms with van der Waals surface area (Å²) in [5, 5.41) is 14.4. The second-order valence-electron chi connectivity index (χ2n) is 10.2. The van der Waals surface area contributed by atoms with E-state index in [0.29, 0.717) is 31.8 Å². The van der Waals surface area contributed by atoms with Crippen LogP contribution in [-0.2, 0) is 29.1 Å². The Kier molecular flexibility index (Phi) is 11.5. The molecule has 1 aromatic rings. The molecule has 1 aromatic carbocycles. The van der Waals surface area contributed by atoms with E-state index >= 15 is 0 Å². The standard InChI is InChI=1S/C25H38N4O8S/c1-25(2,3)37-24(34)29-15-12-18(13-16-29)9-10-21(30)26-14-11-22(31)27-17-20(23(32)33)28-38(35,36)19-7-5-4-6-8-19/h4-8,18,20,28H,9-17H2,1-3H3,(H,26,30)(H,27,31)(H,32,33)/t20-/m0/s1. The molecule has 1 heterocycles. The molecule has 212 valence electrons. The molecule has 12 nitrogen and oxygen atoms in total. The number of carbonyl (C=O) groups excluding carboxylic acids is 3. The van der Waals surface area contributed by atoms with Crippen molar-refractivity contribution in [1.82, 2.24) is 20.3 Å². The SMILES string of the molecule is CC(C)(C)OC(=O)N1CCC(CCC(=O)NCCC(=O)NC[C@H](NS(=O)(=O)c2ccccc2)C(=O)O)CC1. The molecular weight excluding hydrogens is 516 g/mol. The molecule has 13 heteroatoms. The first-order valence-corrected chi connectivity index (χ1v) is 14.1. The molecule has 1 aliphatic heterocycles. The number of nitrogens with zero attached hydrogens (tertiary/aromatic N) is 1. The van der Waals surface area contributed by atoms with E-state index in [2.05, 4.69) is 15.4 Å². The molecule has 0 spiro atoms. The van der Waals surface area contributed by atoms with Gasteiger partial charge in [0.1, 0.15) is 11.6 Å². The first-order chi connectivity index (χ1) is 17.8. The highest BCUT2D eigenvalue weighted by Gasteiger charge is 2.27. The summed E-state index contributed by atoms with van der Waals surface area (Å²) in [5.74, 6) is -1.85. The van der Waals surface area contributed by atoms with Gasteiger partial charge in [-0.15, -0.1) is 0 Å². The van der Waals surface area contributed by atoms with Crippen LogP contribution in [0, 0.1) is 5.92 Å². The van der Waals surface area contributed by atoms with Gasteiger partial charge in [-0.25, -0.2) is 13.2 Å². The monoisotopic (exact) mass is 554 g/mol. The van der Waals surface area contributed by atoms with Crippen molar-refractivity contribution in [1.29, 1.82) is 0 Å². The van der Waals surface area contributed by atoms with Crippen LogP contribution in [0.1, 0.15) is 52.9 Å². The Balaban J connectivity index is 1.64. The van der Waals surface area contributed by atoms with Crippen LogP contribution in [0.25, 0.3) is 0 Å². The number of hydrogen-bond donors (Lipinski definition) is 4. The number of likely N-dealkylation sites (tertiary alicyclic amines) is 1. The van der Waals surface area contributed by atoms with Crippen molar-refractivity contribution in [3.05, 3.63) is 30.3 Å². The van der Waals surface area contributed by atoms with Gasteiger partial charge in [0.2, 0.25) is 21.8 Å². The van der Waals surface area contributed by atoms with E-state index in [4.69, 9.17) is 4.74 Å². The number of carboxylic acid groups (broad SMARTS) is 1. The summed E-state index contributed by atoms with van der Waals surface area (Å²) in [4.78, 5) is 49.5. The van der Waals surface area contributed by atoms with Crippen LogP contribution in [0.5, 0.6) is 0 Å². The smallest absolute Gasteiger partial charge is 0.410 e. The summed E-state index contributed by atoms with van der Waals surface area (Å²) in [7, 11) is -4.08. The lowest BCUT2D eigenvalue weighted by atomic mass is 9.92. The summed E-state index contributed by atoms with van der Waals surface area (Å²) >= 11 is 0. The van der Waals surface area contributed by atoms with Gasteiger partial charge >= 0.3 is 12.1 Å². The second-order valence-corrected chi connectivity index (χ2v) is 11.9. The van der Waals surface area contributed by atoms with E-state index in [1.807, 2.05) is 20.8 Å². The number of carboxylic acids is 1. The number of rotatable bonds is 12. The van der Waals surface area contributed by atoms with Gasteiger partial charge in [-0.05, 0) is 58.1 Å². The lowest BCUT2D eigenvalue weighted by Crippen LogP contribution is -2.48. The summed E-state index contributed by atoms with van der Waals surface area (Å²) in [6.07, 6.45) is 2.12. The fourth-order valence-corrected chi connectivity index (χ4v) is 5.02. The zero-order chi connectivity index (χ0) is 28.3. The lowest BCUT2D eigenvalue weighted by Gasteiger charge is -2.33. The average Bonchev–Trinajstić information content (AvgIpc) is 2.85. The lowest BCUT2D eigenvalue weighted by molar-refractivity contribution is -0.139. The van der Waals surface area contributed by atoms with Crippen molar-refractivity contribution in [2.45, 2.75) is 69.4 Å². The molecule has 38 heavy (non-hydrogen) atoms. The van der Waals surface area contributed by atoms with Gasteiger partial charge < -0.3 is 25.4 Å². The normalized spacial score (nSPS) is 15.4. The highest BCUT2D eigenvalue weighted by Crippen LogP contribution is 2.23. The Bertz CT molecular complexity index is 1060. The fraction of sp³-hybridized carbons (Fsp3) is 0.600. The Morgan fingerprint density at radius 2 is 1.63 bits per heavy atom. The van der Waals surface area contributed by atoms with Gasteiger partial charge in [0.05, 0.1) is 4.90 Å². The molecular formula is C25H38N4O8S. The molecule has 0 saturated carbocycles. The third kappa shape index (κ3) is 11.1. The highest BCUT2D eigenvalue weighted by atomic mass is 32.2. The van der Waals surface area contributed by atoms with Crippen molar-refractivity contribution in [3.8, 4) is 0 Å². The molecule has 0 bridgehead atoms. The topological polar surface area (TPSA) is 171 Å². The zero-order valence-corrected chi connectivity index (χ0v) is 22.9. The molecule has 1 fully saturated rings. The molecule has 0 aliphatic carbocycles. The minimum Gasteiger partial charge on any atom is -0.480 e. The highest BCUT2D eigenvalue weighted by molar-refractivity contribution is 7.89. The van der Waals surface area contributed by atoms with E-state index in [1.54, 1.807) is 11.0 Å². The van der Waals surface area contributed by atoms with E-state index in [0.717, 1.165) is 12.8 Å². The maximum Gasteiger partial charge on any atom is 0.410 e. The third-order valence-electron chi connectivity index (χ3n) is 5.87. The predicted octanol–water partition coefficient (Wildman–Crippen LogP) is 1.47. The van der Waals surface area contributed by atoms with E-state index in [1.165, 1.54) is 24.3 Å². The first kappa shape index (κ1) is 31.0. The fourth-order valence-electron chi connectivity index (χ4n) is 3.81. The van der Waals surface area contributed by atoms with Crippen LogP contribution in [-0.4, -0.2) is 80.1 Å². The molecule has 3 amide bonds. The second kappa shape index (κ2) is 14.1. The summed E-state index contributed by atoms with van der Waals surface area (Å²) in [5.41, 5.74) is -0.541. The third-order valence-corrected chi connectivity index (χ3v) is 7.36. The Morgan fingerprint density at radius 3 is 2.21 bits per heavy atom. The molecule has 4 N–H and O–H groups in total. The van der Waals surface area contributed by atoms with Crippen molar-refractivity contribution >= 4 is 33.9 Å². The number of nitrogens with one attached hydrogen (secondary N) is 3. The first-order valence-electron chi connectivity index (χ1n) is 12.6. The van der Waals surface area contributed by atoms with Crippen molar-refractivity contribution in [3.63, 3.8) is 0 Å². The number of benzene rings is 1. The van der Waals surface area contributed by atoms with Gasteiger partial charge in [0.15, 0.2) is 0 Å². The van der Waals surface area contributed by atoms with Gasteiger partial charge in [-0.2, -0.15) is 4.72 Å². The number of piperidine rings is 1. The molecule has 0 aromatic heterocycles. The number of hydrogen-bond acceptors (Lipinski definition) is 7. The molecule has 2 rings (SSSR count). The van der Waals surface area contributed by atoms with Crippen LogP contribution in [0.15, 0.2) is 35.2 Å². The predicted molar refractivity (Wildman–Crippen MR) is 139 cm³/mol. The van der Waals surface area contributed by atoms with E-state index in [9.17, 15) is 32.7 Å². The number of sulfonamides is 1. The van der Waals surface area contributed by atoms with Crippen LogP contribution in [0.4, 0.5) is 4.79 Å². The maximum absolute atomic E-state index is 12.4. The average molecular weight is 555 g/mol. The van der Waals surface area contributed by atoms with Crippen LogP contribution in [0.3, 0.4) is 0 Å².